The summed E-state index contributed by atoms with van der Waals surface area (Å²) in [6.07, 6.45) is 0. The number of rotatable bonds is 5. The van der Waals surface area contributed by atoms with Gasteiger partial charge in [0.25, 0.3) is 5.69 Å². The van der Waals surface area contributed by atoms with E-state index >= 15 is 0 Å². The van der Waals surface area contributed by atoms with Crippen LogP contribution in [0.2, 0.25) is 0 Å². The third-order valence-electron chi connectivity index (χ3n) is 2.67. The fraction of sp³-hybridized carbons (Fsp3) is 0.500. The number of nitrogens with zero attached hydrogens (tertiary/aromatic N) is 2. The first-order valence-electron chi connectivity index (χ1n) is 5.89. The molecular weight excluding hydrogens is 284 g/mol. The molecule has 1 rings (SSSR count). The number of aryl methyl sites for hydroxylation is 1. The normalized spacial score (nSPS) is 12.7. The van der Waals surface area contributed by atoms with Crippen molar-refractivity contribution >= 4 is 15.7 Å². The van der Waals surface area contributed by atoms with Gasteiger partial charge in [-0.05, 0) is 26.3 Å². The molecule has 1 aromatic carbocycles. The minimum Gasteiger partial charge on any atom is -0.389 e. The molecule has 0 aliphatic carbocycles. The number of nitro groups is 1. The molecule has 0 fully saturated rings. The first-order valence-corrected chi connectivity index (χ1v) is 7.33. The van der Waals surface area contributed by atoms with Crippen LogP contribution in [0.25, 0.3) is 0 Å². The van der Waals surface area contributed by atoms with Crippen LogP contribution in [0.4, 0.5) is 5.69 Å². The molecule has 1 aromatic rings. The van der Waals surface area contributed by atoms with E-state index in [1.54, 1.807) is 0 Å². The molecule has 0 aromatic heterocycles. The van der Waals surface area contributed by atoms with Crippen molar-refractivity contribution < 1.29 is 18.4 Å². The fourth-order valence-electron chi connectivity index (χ4n) is 1.90. The Balaban J connectivity index is 3.40. The molecule has 0 radical (unpaired) electrons. The molecule has 0 heterocycles. The molecule has 0 spiro atoms. The van der Waals surface area contributed by atoms with Crippen LogP contribution in [0, 0.1) is 17.0 Å². The topological polar surface area (TPSA) is 101 Å². The summed E-state index contributed by atoms with van der Waals surface area (Å²) in [5, 5.41) is 20.7. The van der Waals surface area contributed by atoms with Crippen molar-refractivity contribution in [3.05, 3.63) is 33.9 Å². The molecule has 0 atom stereocenters. The van der Waals surface area contributed by atoms with Gasteiger partial charge in [-0.3, -0.25) is 10.1 Å². The summed E-state index contributed by atoms with van der Waals surface area (Å²) >= 11 is 0. The van der Waals surface area contributed by atoms with E-state index in [2.05, 4.69) is 0 Å². The van der Waals surface area contributed by atoms with Gasteiger partial charge in [0.15, 0.2) is 4.90 Å². The third kappa shape index (κ3) is 3.53. The lowest BCUT2D eigenvalue weighted by atomic mass is 10.1. The molecule has 112 valence electrons. The molecule has 0 aliphatic rings. The SMILES string of the molecule is Cc1cccc([N+](=O)[O-])c1S(=O)(=O)N(C)CC(C)(C)O. The van der Waals surface area contributed by atoms with Crippen LogP contribution in [-0.2, 0) is 10.0 Å². The second-order valence-electron chi connectivity index (χ2n) is 5.25. The molecule has 0 saturated heterocycles. The van der Waals surface area contributed by atoms with E-state index in [0.29, 0.717) is 5.56 Å². The Bertz CT molecular complexity index is 619. The maximum atomic E-state index is 12.5. The van der Waals surface area contributed by atoms with Crippen molar-refractivity contribution in [1.82, 2.24) is 4.31 Å². The Labute approximate surface area is 118 Å². The van der Waals surface area contributed by atoms with Crippen LogP contribution in [0.3, 0.4) is 0 Å². The van der Waals surface area contributed by atoms with Gasteiger partial charge in [0.2, 0.25) is 10.0 Å². The zero-order valence-corrected chi connectivity index (χ0v) is 12.6. The van der Waals surface area contributed by atoms with Crippen molar-refractivity contribution in [2.45, 2.75) is 31.3 Å². The summed E-state index contributed by atoms with van der Waals surface area (Å²) < 4.78 is 25.9. The number of hydrogen-bond acceptors (Lipinski definition) is 5. The van der Waals surface area contributed by atoms with Crippen LogP contribution in [-0.4, -0.2) is 41.9 Å². The number of hydrogen-bond donors (Lipinski definition) is 1. The Morgan fingerprint density at radius 1 is 1.40 bits per heavy atom. The second-order valence-corrected chi connectivity index (χ2v) is 7.24. The number of sulfonamides is 1. The molecule has 0 amide bonds. The summed E-state index contributed by atoms with van der Waals surface area (Å²) in [5.41, 5.74) is -1.41. The molecule has 8 heteroatoms. The fourth-order valence-corrected chi connectivity index (χ4v) is 3.58. The number of benzene rings is 1. The van der Waals surface area contributed by atoms with E-state index in [-0.39, 0.29) is 11.4 Å². The van der Waals surface area contributed by atoms with Gasteiger partial charge in [0, 0.05) is 19.7 Å². The Hall–Kier alpha value is -1.51. The quantitative estimate of drug-likeness (QED) is 0.652. The highest BCUT2D eigenvalue weighted by Gasteiger charge is 2.33. The summed E-state index contributed by atoms with van der Waals surface area (Å²) in [7, 11) is -2.77. The lowest BCUT2D eigenvalue weighted by molar-refractivity contribution is -0.387. The van der Waals surface area contributed by atoms with E-state index in [9.17, 15) is 23.6 Å². The molecule has 20 heavy (non-hydrogen) atoms. The zero-order chi connectivity index (χ0) is 15.7. The lowest BCUT2D eigenvalue weighted by Gasteiger charge is -2.25. The van der Waals surface area contributed by atoms with Crippen molar-refractivity contribution in [2.24, 2.45) is 0 Å². The predicted octanol–water partition coefficient (Wildman–Crippen LogP) is 1.29. The summed E-state index contributed by atoms with van der Waals surface area (Å²) in [6.45, 7) is 4.26. The van der Waals surface area contributed by atoms with Gasteiger partial charge in [-0.15, -0.1) is 0 Å². The van der Waals surface area contributed by atoms with Crippen LogP contribution in [0.1, 0.15) is 19.4 Å². The highest BCUT2D eigenvalue weighted by molar-refractivity contribution is 7.89. The van der Waals surface area contributed by atoms with Gasteiger partial charge < -0.3 is 5.11 Å². The van der Waals surface area contributed by atoms with Crippen molar-refractivity contribution in [2.75, 3.05) is 13.6 Å². The molecule has 7 nitrogen and oxygen atoms in total. The molecular formula is C12H18N2O5S. The number of nitro benzene ring substituents is 1. The van der Waals surface area contributed by atoms with Gasteiger partial charge in [0.1, 0.15) is 0 Å². The first kappa shape index (κ1) is 16.5. The highest BCUT2D eigenvalue weighted by atomic mass is 32.2. The summed E-state index contributed by atoms with van der Waals surface area (Å²) in [6, 6.07) is 4.08. The van der Waals surface area contributed by atoms with Crippen molar-refractivity contribution in [3.63, 3.8) is 0 Å². The van der Waals surface area contributed by atoms with Gasteiger partial charge in [-0.2, -0.15) is 4.31 Å². The predicted molar refractivity (Wildman–Crippen MR) is 73.9 cm³/mol. The standard InChI is InChI=1S/C12H18N2O5S/c1-9-6-5-7-10(14(16)17)11(9)20(18,19)13(4)8-12(2,3)15/h5-7,15H,8H2,1-4H3. The van der Waals surface area contributed by atoms with Crippen LogP contribution in [0.15, 0.2) is 23.1 Å². The summed E-state index contributed by atoms with van der Waals surface area (Å²) in [5.74, 6) is 0. The highest BCUT2D eigenvalue weighted by Crippen LogP contribution is 2.29. The van der Waals surface area contributed by atoms with E-state index in [1.165, 1.54) is 40.0 Å². The number of aliphatic hydroxyl groups is 1. The molecule has 0 saturated carbocycles. The lowest BCUT2D eigenvalue weighted by Crippen LogP contribution is -2.40. The largest absolute Gasteiger partial charge is 0.389 e. The molecule has 0 unspecified atom stereocenters. The first-order chi connectivity index (χ1) is 8.97. The van der Waals surface area contributed by atoms with Crippen LogP contribution < -0.4 is 0 Å². The Kier molecular flexibility index (Phi) is 4.52. The van der Waals surface area contributed by atoms with E-state index in [0.717, 1.165) is 10.4 Å². The maximum absolute atomic E-state index is 12.5. The minimum atomic E-state index is -4.05. The van der Waals surface area contributed by atoms with Crippen LogP contribution in [0.5, 0.6) is 0 Å². The zero-order valence-electron chi connectivity index (χ0n) is 11.8. The Morgan fingerprint density at radius 2 is 1.95 bits per heavy atom. The third-order valence-corrected chi connectivity index (χ3v) is 4.66. The van der Waals surface area contributed by atoms with E-state index in [1.807, 2.05) is 0 Å². The second kappa shape index (κ2) is 5.47. The average molecular weight is 302 g/mol. The van der Waals surface area contributed by atoms with Gasteiger partial charge in [0.05, 0.1) is 10.5 Å². The maximum Gasteiger partial charge on any atom is 0.289 e. The van der Waals surface area contributed by atoms with Crippen LogP contribution >= 0.6 is 0 Å². The summed E-state index contributed by atoms with van der Waals surface area (Å²) in [4.78, 5) is 9.94. The van der Waals surface area contributed by atoms with Gasteiger partial charge in [-0.1, -0.05) is 12.1 Å². The monoisotopic (exact) mass is 302 g/mol. The van der Waals surface area contributed by atoms with Crippen molar-refractivity contribution in [1.29, 1.82) is 0 Å². The van der Waals surface area contributed by atoms with Crippen molar-refractivity contribution in [3.8, 4) is 0 Å². The average Bonchev–Trinajstić information content (AvgIpc) is 2.25. The smallest absolute Gasteiger partial charge is 0.289 e. The molecule has 0 bridgehead atoms. The van der Waals surface area contributed by atoms with E-state index in [4.69, 9.17) is 0 Å². The minimum absolute atomic E-state index is 0.166. The molecule has 0 aliphatic heterocycles. The van der Waals surface area contributed by atoms with Gasteiger partial charge >= 0.3 is 0 Å². The Morgan fingerprint density at radius 3 is 2.40 bits per heavy atom. The molecule has 1 N–H and O–H groups in total. The van der Waals surface area contributed by atoms with Gasteiger partial charge in [-0.25, -0.2) is 8.42 Å². The number of likely N-dealkylation sites (N-methyl/N-ethyl adjacent to an activating group) is 1. The van der Waals surface area contributed by atoms with E-state index < -0.39 is 26.2 Å².